The van der Waals surface area contributed by atoms with E-state index in [2.05, 4.69) is 24.3 Å². The lowest BCUT2D eigenvalue weighted by Gasteiger charge is -2.53. The minimum absolute atomic E-state index is 0.0292. The third-order valence-corrected chi connectivity index (χ3v) is 10.6. The molecule has 10 nitrogen and oxygen atoms in total. The van der Waals surface area contributed by atoms with Gasteiger partial charge >= 0.3 is 23.9 Å². The summed E-state index contributed by atoms with van der Waals surface area (Å²) in [6.07, 6.45) is 10.9. The minimum Gasteiger partial charge on any atom is -0.468 e. The lowest BCUT2D eigenvalue weighted by Crippen LogP contribution is -2.55. The first-order chi connectivity index (χ1) is 18.1. The first-order valence-electron chi connectivity index (χ1n) is 12.8. The highest BCUT2D eigenvalue weighted by molar-refractivity contribution is 6.20. The molecule has 5 rings (SSSR count). The molecule has 5 aliphatic rings. The van der Waals surface area contributed by atoms with Crippen molar-refractivity contribution in [1.82, 2.24) is 0 Å². The molecule has 2 unspecified atom stereocenters. The van der Waals surface area contributed by atoms with Crippen molar-refractivity contribution in [2.75, 3.05) is 28.4 Å². The number of ether oxygens (including phenoxy) is 4. The fraction of sp³-hybridized carbons (Fsp3) is 0.643. The fourth-order valence-corrected chi connectivity index (χ4v) is 9.17. The lowest BCUT2D eigenvalue weighted by atomic mass is 9.47. The Labute approximate surface area is 220 Å². The van der Waals surface area contributed by atoms with E-state index in [-0.39, 0.29) is 18.3 Å². The highest BCUT2D eigenvalue weighted by Crippen LogP contribution is 2.77. The first kappa shape index (κ1) is 26.3. The van der Waals surface area contributed by atoms with Gasteiger partial charge < -0.3 is 18.9 Å². The highest BCUT2D eigenvalue weighted by Gasteiger charge is 2.86. The van der Waals surface area contributed by atoms with Crippen LogP contribution < -0.4 is 0 Å². The van der Waals surface area contributed by atoms with Crippen LogP contribution in [0.1, 0.15) is 38.5 Å². The molecular weight excluding hydrogens is 496 g/mol. The molecule has 0 saturated heterocycles. The van der Waals surface area contributed by atoms with E-state index in [1.807, 2.05) is 0 Å². The number of hydrogen-bond donors (Lipinski definition) is 0. The molecule has 0 aliphatic heterocycles. The number of carbonyl (C=O) groups excluding carboxylic acids is 6. The van der Waals surface area contributed by atoms with E-state index in [9.17, 15) is 28.8 Å². The summed E-state index contributed by atoms with van der Waals surface area (Å²) < 4.78 is 20.2. The van der Waals surface area contributed by atoms with Crippen LogP contribution in [0.3, 0.4) is 0 Å². The summed E-state index contributed by atoms with van der Waals surface area (Å²) >= 11 is 0. The predicted molar refractivity (Wildman–Crippen MR) is 128 cm³/mol. The van der Waals surface area contributed by atoms with Gasteiger partial charge in [0, 0.05) is 16.2 Å². The third-order valence-electron chi connectivity index (χ3n) is 10.6. The van der Waals surface area contributed by atoms with Crippen molar-refractivity contribution in [1.29, 1.82) is 0 Å². The van der Waals surface area contributed by atoms with E-state index >= 15 is 0 Å². The van der Waals surface area contributed by atoms with Crippen molar-refractivity contribution in [2.45, 2.75) is 38.5 Å². The second-order valence-electron chi connectivity index (χ2n) is 11.2. The van der Waals surface area contributed by atoms with Gasteiger partial charge in [0.2, 0.25) is 0 Å². The molecule has 204 valence electrons. The van der Waals surface area contributed by atoms with Gasteiger partial charge in [0.05, 0.1) is 28.4 Å². The topological polar surface area (TPSA) is 139 Å². The van der Waals surface area contributed by atoms with Crippen molar-refractivity contribution in [2.24, 2.45) is 45.3 Å². The Morgan fingerprint density at radius 1 is 0.605 bits per heavy atom. The van der Waals surface area contributed by atoms with E-state index in [1.54, 1.807) is 0 Å². The largest absolute Gasteiger partial charge is 0.468 e. The van der Waals surface area contributed by atoms with Gasteiger partial charge in [0.1, 0.15) is 23.7 Å². The number of carbonyl (C=O) groups is 6. The van der Waals surface area contributed by atoms with Crippen LogP contribution in [0.25, 0.3) is 0 Å². The summed E-state index contributed by atoms with van der Waals surface area (Å²) in [5.74, 6) is -12.1. The van der Waals surface area contributed by atoms with Crippen LogP contribution in [0, 0.1) is 45.3 Å². The van der Waals surface area contributed by atoms with Crippen molar-refractivity contribution in [3.05, 3.63) is 24.3 Å². The number of rotatable bonds is 4. The molecule has 0 heterocycles. The van der Waals surface area contributed by atoms with Crippen molar-refractivity contribution in [3.63, 3.8) is 0 Å². The number of Topliss-reactive ketones (excluding diaryl/α,β-unsaturated/α-hetero) is 2. The van der Waals surface area contributed by atoms with E-state index in [0.29, 0.717) is 12.8 Å². The van der Waals surface area contributed by atoms with Gasteiger partial charge in [-0.3, -0.25) is 28.8 Å². The molecule has 0 bridgehead atoms. The average Bonchev–Trinajstić information content (AvgIpc) is 3.54. The van der Waals surface area contributed by atoms with E-state index in [0.717, 1.165) is 41.3 Å². The molecule has 5 aliphatic carbocycles. The summed E-state index contributed by atoms with van der Waals surface area (Å²) in [5.41, 5.74) is -4.18. The van der Waals surface area contributed by atoms with E-state index in [1.165, 1.54) is 0 Å². The zero-order chi connectivity index (χ0) is 27.7. The number of methoxy groups -OCH3 is 4. The summed E-state index contributed by atoms with van der Waals surface area (Å²) in [6.45, 7) is 0. The Morgan fingerprint density at radius 3 is 1.29 bits per heavy atom. The van der Waals surface area contributed by atoms with Gasteiger partial charge in [-0.15, -0.1) is 0 Å². The first-order valence-corrected chi connectivity index (χ1v) is 12.8. The Kier molecular flexibility index (Phi) is 5.96. The maximum atomic E-state index is 14.2. The molecule has 6 atom stereocenters. The zero-order valence-corrected chi connectivity index (χ0v) is 21.9. The smallest absolute Gasteiger partial charge is 0.316 e. The molecular formula is C28H32O10. The second-order valence-corrected chi connectivity index (χ2v) is 11.2. The van der Waals surface area contributed by atoms with Crippen LogP contribution in [0.2, 0.25) is 0 Å². The van der Waals surface area contributed by atoms with Gasteiger partial charge in [0.15, 0.2) is 11.6 Å². The van der Waals surface area contributed by atoms with E-state index < -0.39 is 75.4 Å². The molecule has 0 aromatic rings. The molecule has 0 N–H and O–H groups in total. The number of esters is 4. The minimum atomic E-state index is -1.76. The van der Waals surface area contributed by atoms with Gasteiger partial charge in [-0.05, 0) is 43.9 Å². The van der Waals surface area contributed by atoms with Crippen LogP contribution in [0.4, 0.5) is 0 Å². The molecule has 38 heavy (non-hydrogen) atoms. The predicted octanol–water partition coefficient (Wildman–Crippen LogP) is 1.75. The number of hydrogen-bond acceptors (Lipinski definition) is 10. The Bertz CT molecular complexity index is 1120. The van der Waals surface area contributed by atoms with Crippen LogP contribution in [-0.2, 0) is 47.7 Å². The SMILES string of the molecule is COC(=O)[C@@H]1C(=O)[C@@H](C(=O)OC)C23CCC45CC=CC4(C=CC5)CCC12[C@H](C(=O)OC)C(=O)[C@@H]3C(=O)OC. The van der Waals surface area contributed by atoms with Crippen LogP contribution in [-0.4, -0.2) is 63.9 Å². The molecule has 0 spiro atoms. The molecule has 0 aromatic carbocycles. The van der Waals surface area contributed by atoms with Crippen LogP contribution in [0.5, 0.6) is 0 Å². The molecule has 0 aromatic heterocycles. The summed E-state index contributed by atoms with van der Waals surface area (Å²) in [5, 5.41) is 0. The lowest BCUT2D eigenvalue weighted by molar-refractivity contribution is -0.174. The molecule has 0 amide bonds. The third kappa shape index (κ3) is 2.78. The monoisotopic (exact) mass is 528 g/mol. The van der Waals surface area contributed by atoms with Crippen molar-refractivity contribution >= 4 is 35.4 Å². The number of ketones is 2. The standard InChI is InChI=1S/C28H32O10/c1-35-21(31)15-19(29)16(22(32)36-2)28-14-12-26-9-5-7-25(26,8-6-10-26)11-13-27(15,28)17(23(33)37-3)20(30)18(28)24(34)38-4/h5-8,15-18H,9-14H2,1-4H3/t15-,16-,17-,18+,25?,26?,27?,28?/m0/s1. The average molecular weight is 529 g/mol. The summed E-state index contributed by atoms with van der Waals surface area (Å²) in [4.78, 5) is 82.0. The number of allylic oxidation sites excluding steroid dienone is 4. The van der Waals surface area contributed by atoms with Crippen molar-refractivity contribution < 1.29 is 47.7 Å². The van der Waals surface area contributed by atoms with Gasteiger partial charge in [-0.1, -0.05) is 24.3 Å². The quantitative estimate of drug-likeness (QED) is 0.229. The molecule has 0 radical (unpaired) electrons. The van der Waals surface area contributed by atoms with Gasteiger partial charge in [-0.25, -0.2) is 0 Å². The fourth-order valence-electron chi connectivity index (χ4n) is 9.17. The maximum Gasteiger partial charge on any atom is 0.316 e. The van der Waals surface area contributed by atoms with Gasteiger partial charge in [-0.2, -0.15) is 0 Å². The maximum absolute atomic E-state index is 14.2. The summed E-state index contributed by atoms with van der Waals surface area (Å²) in [6, 6.07) is 0. The Morgan fingerprint density at radius 2 is 0.947 bits per heavy atom. The normalized spacial score (nSPS) is 42.3. The second kappa shape index (κ2) is 8.61. The molecule has 10 heteroatoms. The van der Waals surface area contributed by atoms with Crippen molar-refractivity contribution in [3.8, 4) is 0 Å². The van der Waals surface area contributed by atoms with Gasteiger partial charge in [0.25, 0.3) is 0 Å². The van der Waals surface area contributed by atoms with Crippen LogP contribution in [0.15, 0.2) is 24.3 Å². The molecule has 3 fully saturated rings. The molecule has 3 saturated carbocycles. The van der Waals surface area contributed by atoms with E-state index in [4.69, 9.17) is 18.9 Å². The Hall–Kier alpha value is -3.30. The zero-order valence-electron chi connectivity index (χ0n) is 21.9. The van der Waals surface area contributed by atoms with Crippen LogP contribution >= 0.6 is 0 Å². The Balaban J connectivity index is 1.87. The summed E-state index contributed by atoms with van der Waals surface area (Å²) in [7, 11) is 4.42. The highest BCUT2D eigenvalue weighted by atomic mass is 16.5.